The van der Waals surface area contributed by atoms with Gasteiger partial charge in [-0.05, 0) is 28.1 Å². The monoisotopic (exact) mass is 337 g/mol. The highest BCUT2D eigenvalue weighted by Gasteiger charge is 2.14. The Balaban J connectivity index is 1.74. The van der Waals surface area contributed by atoms with Crippen LogP contribution in [0.1, 0.15) is 20.8 Å². The van der Waals surface area contributed by atoms with E-state index in [1.807, 2.05) is 66.0 Å². The lowest BCUT2D eigenvalue weighted by Gasteiger charge is -2.10. The molecule has 0 aliphatic rings. The molecule has 1 heterocycles. The number of hydrogen-bond donors (Lipinski definition) is 1. The number of thiophene rings is 1. The number of carbonyl (C=O) groups is 1. The Kier molecular flexibility index (Phi) is 5.41. The van der Waals surface area contributed by atoms with Gasteiger partial charge in [0.1, 0.15) is 0 Å². The Labute approximate surface area is 145 Å². The van der Waals surface area contributed by atoms with Crippen molar-refractivity contribution in [2.75, 3.05) is 7.11 Å². The van der Waals surface area contributed by atoms with E-state index >= 15 is 0 Å². The fraction of sp³-hybridized carbons (Fsp3) is 0.150. The third-order valence-corrected chi connectivity index (χ3v) is 4.73. The first-order valence-electron chi connectivity index (χ1n) is 7.76. The van der Waals surface area contributed by atoms with Gasteiger partial charge in [-0.25, -0.2) is 0 Å². The predicted octanol–water partition coefficient (Wildman–Crippen LogP) is 4.49. The summed E-state index contributed by atoms with van der Waals surface area (Å²) in [5.41, 5.74) is 4.20. The lowest BCUT2D eigenvalue weighted by atomic mass is 10.1. The molecule has 0 radical (unpaired) electrons. The normalized spacial score (nSPS) is 10.5. The molecule has 2 aromatic carbocycles. The molecule has 0 aliphatic carbocycles. The quantitative estimate of drug-likeness (QED) is 0.719. The molecule has 3 aromatic rings. The second kappa shape index (κ2) is 7.90. The SMILES string of the molecule is COCc1ccccc1CNC(=O)c1sccc1-c1ccccc1. The van der Waals surface area contributed by atoms with Gasteiger partial charge in [0.15, 0.2) is 0 Å². The first-order chi connectivity index (χ1) is 11.8. The van der Waals surface area contributed by atoms with E-state index in [2.05, 4.69) is 5.32 Å². The van der Waals surface area contributed by atoms with Crippen LogP contribution < -0.4 is 5.32 Å². The van der Waals surface area contributed by atoms with Gasteiger partial charge in [0, 0.05) is 19.2 Å². The summed E-state index contributed by atoms with van der Waals surface area (Å²) in [6, 6.07) is 20.0. The van der Waals surface area contributed by atoms with E-state index in [1.165, 1.54) is 11.3 Å². The van der Waals surface area contributed by atoms with Crippen LogP contribution in [0, 0.1) is 0 Å². The van der Waals surface area contributed by atoms with Crippen molar-refractivity contribution in [1.29, 1.82) is 0 Å². The molecule has 1 aromatic heterocycles. The van der Waals surface area contributed by atoms with Crippen LogP contribution in [0.25, 0.3) is 11.1 Å². The number of ether oxygens (including phenoxy) is 1. The van der Waals surface area contributed by atoms with E-state index < -0.39 is 0 Å². The van der Waals surface area contributed by atoms with Crippen LogP contribution in [-0.2, 0) is 17.9 Å². The van der Waals surface area contributed by atoms with Crippen LogP contribution in [0.3, 0.4) is 0 Å². The van der Waals surface area contributed by atoms with Crippen molar-refractivity contribution in [2.45, 2.75) is 13.2 Å². The average molecular weight is 337 g/mol. The van der Waals surface area contributed by atoms with E-state index in [9.17, 15) is 4.79 Å². The van der Waals surface area contributed by atoms with Crippen LogP contribution in [0.4, 0.5) is 0 Å². The molecule has 1 N–H and O–H groups in total. The van der Waals surface area contributed by atoms with E-state index in [-0.39, 0.29) is 5.91 Å². The summed E-state index contributed by atoms with van der Waals surface area (Å²) in [6.07, 6.45) is 0. The minimum Gasteiger partial charge on any atom is -0.380 e. The lowest BCUT2D eigenvalue weighted by Crippen LogP contribution is -2.23. The van der Waals surface area contributed by atoms with E-state index in [0.717, 1.165) is 27.1 Å². The molecule has 4 heteroatoms. The predicted molar refractivity (Wildman–Crippen MR) is 98.1 cm³/mol. The second-order valence-corrected chi connectivity index (χ2v) is 6.33. The first-order valence-corrected chi connectivity index (χ1v) is 8.64. The first kappa shape index (κ1) is 16.4. The largest absolute Gasteiger partial charge is 0.380 e. The van der Waals surface area contributed by atoms with Crippen molar-refractivity contribution in [2.24, 2.45) is 0 Å². The van der Waals surface area contributed by atoms with Gasteiger partial charge in [-0.1, -0.05) is 54.6 Å². The zero-order valence-corrected chi connectivity index (χ0v) is 14.3. The van der Waals surface area contributed by atoms with Gasteiger partial charge < -0.3 is 10.1 Å². The lowest BCUT2D eigenvalue weighted by molar-refractivity contribution is 0.0955. The topological polar surface area (TPSA) is 38.3 Å². The summed E-state index contributed by atoms with van der Waals surface area (Å²) in [5.74, 6) is -0.0453. The van der Waals surface area contributed by atoms with Gasteiger partial charge >= 0.3 is 0 Å². The van der Waals surface area contributed by atoms with Crippen molar-refractivity contribution in [3.63, 3.8) is 0 Å². The van der Waals surface area contributed by atoms with Crippen molar-refractivity contribution >= 4 is 17.2 Å². The zero-order valence-electron chi connectivity index (χ0n) is 13.5. The van der Waals surface area contributed by atoms with Gasteiger partial charge in [-0.3, -0.25) is 4.79 Å². The molecule has 3 nitrogen and oxygen atoms in total. The molecule has 24 heavy (non-hydrogen) atoms. The van der Waals surface area contributed by atoms with Crippen molar-refractivity contribution in [1.82, 2.24) is 5.32 Å². The summed E-state index contributed by atoms with van der Waals surface area (Å²) >= 11 is 1.47. The smallest absolute Gasteiger partial charge is 0.262 e. The van der Waals surface area contributed by atoms with E-state index in [0.29, 0.717) is 13.2 Å². The molecule has 0 fully saturated rings. The molecule has 0 unspecified atom stereocenters. The average Bonchev–Trinajstić information content (AvgIpc) is 3.11. The van der Waals surface area contributed by atoms with Gasteiger partial charge in [0.25, 0.3) is 5.91 Å². The van der Waals surface area contributed by atoms with Crippen LogP contribution in [-0.4, -0.2) is 13.0 Å². The summed E-state index contributed by atoms with van der Waals surface area (Å²) in [7, 11) is 1.67. The van der Waals surface area contributed by atoms with Crippen LogP contribution >= 0.6 is 11.3 Å². The molecule has 0 aliphatic heterocycles. The van der Waals surface area contributed by atoms with Gasteiger partial charge in [-0.2, -0.15) is 0 Å². The minimum atomic E-state index is -0.0453. The maximum atomic E-state index is 12.6. The highest BCUT2D eigenvalue weighted by molar-refractivity contribution is 7.12. The third kappa shape index (κ3) is 3.72. The highest BCUT2D eigenvalue weighted by Crippen LogP contribution is 2.28. The zero-order chi connectivity index (χ0) is 16.8. The van der Waals surface area contributed by atoms with E-state index in [1.54, 1.807) is 7.11 Å². The number of benzene rings is 2. The number of rotatable bonds is 6. The third-order valence-electron chi connectivity index (χ3n) is 3.81. The summed E-state index contributed by atoms with van der Waals surface area (Å²) in [4.78, 5) is 13.4. The van der Waals surface area contributed by atoms with Crippen molar-refractivity contribution in [3.05, 3.63) is 82.0 Å². The molecule has 1 amide bonds. The molecular formula is C20H19NO2S. The Morgan fingerprint density at radius 2 is 1.71 bits per heavy atom. The Morgan fingerprint density at radius 3 is 2.46 bits per heavy atom. The van der Waals surface area contributed by atoms with Crippen molar-refractivity contribution < 1.29 is 9.53 Å². The van der Waals surface area contributed by atoms with Gasteiger partial charge in [0.2, 0.25) is 0 Å². The van der Waals surface area contributed by atoms with Crippen LogP contribution in [0.5, 0.6) is 0 Å². The second-order valence-electron chi connectivity index (χ2n) is 5.41. The Bertz CT molecular complexity index is 811. The molecular weight excluding hydrogens is 318 g/mol. The molecule has 0 spiro atoms. The Morgan fingerprint density at radius 1 is 1.00 bits per heavy atom. The van der Waals surface area contributed by atoms with Gasteiger partial charge in [0.05, 0.1) is 11.5 Å². The number of carbonyl (C=O) groups excluding carboxylic acids is 1. The maximum absolute atomic E-state index is 12.6. The fourth-order valence-electron chi connectivity index (χ4n) is 2.61. The standard InChI is InChI=1S/C20H19NO2S/c1-23-14-17-10-6-5-9-16(17)13-21-20(22)19-18(11-12-24-19)15-7-3-2-4-8-15/h2-12H,13-14H2,1H3,(H,21,22). The van der Waals surface area contributed by atoms with Crippen molar-refractivity contribution in [3.8, 4) is 11.1 Å². The van der Waals surface area contributed by atoms with Gasteiger partial charge in [-0.15, -0.1) is 11.3 Å². The molecule has 122 valence electrons. The number of methoxy groups -OCH3 is 1. The molecule has 3 rings (SSSR count). The Hall–Kier alpha value is -2.43. The molecule has 0 atom stereocenters. The van der Waals surface area contributed by atoms with Crippen LogP contribution in [0.15, 0.2) is 66.0 Å². The fourth-order valence-corrected chi connectivity index (χ4v) is 3.44. The molecule has 0 saturated carbocycles. The highest BCUT2D eigenvalue weighted by atomic mass is 32.1. The molecule has 0 bridgehead atoms. The van der Waals surface area contributed by atoms with E-state index in [4.69, 9.17) is 4.74 Å². The minimum absolute atomic E-state index is 0.0453. The number of nitrogens with one attached hydrogen (secondary N) is 1. The summed E-state index contributed by atoms with van der Waals surface area (Å²) in [5, 5.41) is 4.98. The number of amides is 1. The van der Waals surface area contributed by atoms with Crippen LogP contribution in [0.2, 0.25) is 0 Å². The molecule has 0 saturated heterocycles. The maximum Gasteiger partial charge on any atom is 0.262 e. The summed E-state index contributed by atoms with van der Waals surface area (Å²) < 4.78 is 5.21. The summed E-state index contributed by atoms with van der Waals surface area (Å²) in [6.45, 7) is 1.03. The number of hydrogen-bond acceptors (Lipinski definition) is 3.